The number of hydrogen-bond acceptors (Lipinski definition) is 4. The molecule has 6 nitrogen and oxygen atoms in total. The Kier molecular flexibility index (Phi) is 6.72. The van der Waals surface area contributed by atoms with Gasteiger partial charge in [0.2, 0.25) is 10.0 Å². The molecule has 156 valence electrons. The average Bonchev–Trinajstić information content (AvgIpc) is 2.68. The zero-order valence-corrected chi connectivity index (χ0v) is 17.9. The number of rotatable bonds is 6. The smallest absolute Gasteiger partial charge is 0.255 e. The molecule has 1 aliphatic rings. The van der Waals surface area contributed by atoms with Crippen LogP contribution in [0.3, 0.4) is 0 Å². The normalized spacial score (nSPS) is 20.4. The number of ether oxygens (including phenoxy) is 1. The van der Waals surface area contributed by atoms with Gasteiger partial charge in [-0.1, -0.05) is 26.0 Å². The number of nitrogens with one attached hydrogen (secondary N) is 1. The van der Waals surface area contributed by atoms with Crippen molar-refractivity contribution >= 4 is 21.6 Å². The first kappa shape index (κ1) is 21.5. The molecule has 0 aliphatic carbocycles. The number of piperidine rings is 1. The van der Waals surface area contributed by atoms with Gasteiger partial charge in [-0.05, 0) is 60.2 Å². The summed E-state index contributed by atoms with van der Waals surface area (Å²) in [5.74, 6) is 0.444. The van der Waals surface area contributed by atoms with Gasteiger partial charge in [0, 0.05) is 31.5 Å². The van der Waals surface area contributed by atoms with Crippen LogP contribution in [-0.4, -0.2) is 38.8 Å². The highest BCUT2D eigenvalue weighted by Gasteiger charge is 2.31. The van der Waals surface area contributed by atoms with E-state index in [4.69, 9.17) is 4.74 Å². The summed E-state index contributed by atoms with van der Waals surface area (Å²) >= 11 is 0. The molecule has 1 N–H and O–H groups in total. The number of sulfonamides is 1. The molecular formula is C22H28N2O4S. The molecule has 1 saturated heterocycles. The fourth-order valence-corrected chi connectivity index (χ4v) is 5.51. The molecule has 2 atom stereocenters. The molecule has 1 amide bonds. The summed E-state index contributed by atoms with van der Waals surface area (Å²) in [6.07, 6.45) is 1.04. The number of anilines is 1. The summed E-state index contributed by atoms with van der Waals surface area (Å²) in [7, 11) is -1.93. The molecule has 3 rings (SSSR count). The fraction of sp³-hybridized carbons (Fsp3) is 0.409. The Labute approximate surface area is 172 Å². The highest BCUT2D eigenvalue weighted by atomic mass is 32.2. The fourth-order valence-electron chi connectivity index (χ4n) is 3.83. The van der Waals surface area contributed by atoms with Crippen molar-refractivity contribution in [3.05, 3.63) is 59.7 Å². The summed E-state index contributed by atoms with van der Waals surface area (Å²) in [6.45, 7) is 5.68. The van der Waals surface area contributed by atoms with Gasteiger partial charge in [0.15, 0.2) is 0 Å². The van der Waals surface area contributed by atoms with Crippen LogP contribution < -0.4 is 5.32 Å². The first-order chi connectivity index (χ1) is 13.8. The van der Waals surface area contributed by atoms with Crippen molar-refractivity contribution in [1.29, 1.82) is 0 Å². The van der Waals surface area contributed by atoms with E-state index in [-0.39, 0.29) is 10.8 Å². The van der Waals surface area contributed by atoms with E-state index in [0.717, 1.165) is 12.0 Å². The summed E-state index contributed by atoms with van der Waals surface area (Å²) in [4.78, 5) is 12.7. The monoisotopic (exact) mass is 416 g/mol. The topological polar surface area (TPSA) is 75.7 Å². The van der Waals surface area contributed by atoms with Crippen LogP contribution in [0, 0.1) is 11.8 Å². The van der Waals surface area contributed by atoms with Crippen LogP contribution in [0.5, 0.6) is 0 Å². The summed E-state index contributed by atoms with van der Waals surface area (Å²) in [5.41, 5.74) is 1.98. The molecule has 0 radical (unpaired) electrons. The molecule has 29 heavy (non-hydrogen) atoms. The number of methoxy groups -OCH3 is 1. The molecule has 1 aliphatic heterocycles. The predicted octanol–water partition coefficient (Wildman–Crippen LogP) is 3.75. The zero-order valence-electron chi connectivity index (χ0n) is 17.1. The molecule has 0 spiro atoms. The van der Waals surface area contributed by atoms with Crippen molar-refractivity contribution in [2.75, 3.05) is 25.5 Å². The van der Waals surface area contributed by atoms with Crippen LogP contribution in [0.4, 0.5) is 5.69 Å². The molecule has 2 aromatic rings. The highest BCUT2D eigenvalue weighted by Crippen LogP contribution is 2.27. The Hall–Kier alpha value is -2.22. The van der Waals surface area contributed by atoms with Crippen molar-refractivity contribution in [3.8, 4) is 0 Å². The van der Waals surface area contributed by atoms with Gasteiger partial charge in [-0.15, -0.1) is 0 Å². The number of amides is 1. The van der Waals surface area contributed by atoms with Crippen LogP contribution in [0.1, 0.15) is 36.2 Å². The lowest BCUT2D eigenvalue weighted by atomic mass is 9.94. The standard InChI is InChI=1S/C22H28N2O4S/c1-16-11-17(2)14-24(13-16)29(26,27)21-9-7-20(8-10-21)23-22(25)19-6-4-5-18(12-19)15-28-3/h4-10,12,16-17H,11,13-15H2,1-3H3,(H,23,25)/t16-,17+. The van der Waals surface area contributed by atoms with E-state index in [1.165, 1.54) is 0 Å². The van der Waals surface area contributed by atoms with Gasteiger partial charge in [0.25, 0.3) is 5.91 Å². The lowest BCUT2D eigenvalue weighted by molar-refractivity contribution is 0.102. The minimum Gasteiger partial charge on any atom is -0.380 e. The molecule has 1 heterocycles. The van der Waals surface area contributed by atoms with Gasteiger partial charge in [0.1, 0.15) is 0 Å². The van der Waals surface area contributed by atoms with Gasteiger partial charge in [-0.2, -0.15) is 4.31 Å². The van der Waals surface area contributed by atoms with E-state index in [1.807, 2.05) is 6.07 Å². The SMILES string of the molecule is COCc1cccc(C(=O)Nc2ccc(S(=O)(=O)N3C[C@H](C)C[C@H](C)C3)cc2)c1. The van der Waals surface area contributed by atoms with Gasteiger partial charge in [0.05, 0.1) is 11.5 Å². The van der Waals surface area contributed by atoms with Gasteiger partial charge in [-0.3, -0.25) is 4.79 Å². The first-order valence-electron chi connectivity index (χ1n) is 9.79. The minimum atomic E-state index is -3.53. The second-order valence-electron chi connectivity index (χ2n) is 7.88. The molecule has 1 fully saturated rings. The van der Waals surface area contributed by atoms with Gasteiger partial charge < -0.3 is 10.1 Å². The summed E-state index contributed by atoms with van der Waals surface area (Å²) in [5, 5.41) is 2.81. The number of nitrogens with zero attached hydrogens (tertiary/aromatic N) is 1. The molecule has 2 aromatic carbocycles. The first-order valence-corrected chi connectivity index (χ1v) is 11.2. The number of carbonyl (C=O) groups excluding carboxylic acids is 1. The Morgan fingerprint density at radius 2 is 1.76 bits per heavy atom. The Morgan fingerprint density at radius 1 is 1.10 bits per heavy atom. The Bertz CT molecular complexity index is 947. The maximum atomic E-state index is 13.0. The molecule has 0 saturated carbocycles. The van der Waals surface area contributed by atoms with E-state index >= 15 is 0 Å². The second-order valence-corrected chi connectivity index (χ2v) is 9.82. The third-order valence-electron chi connectivity index (χ3n) is 5.09. The number of hydrogen-bond donors (Lipinski definition) is 1. The average molecular weight is 417 g/mol. The van der Waals surface area contributed by atoms with Crippen LogP contribution in [0.15, 0.2) is 53.4 Å². The van der Waals surface area contributed by atoms with Gasteiger partial charge in [-0.25, -0.2) is 8.42 Å². The third kappa shape index (κ3) is 5.23. The number of benzene rings is 2. The van der Waals surface area contributed by atoms with Crippen LogP contribution >= 0.6 is 0 Å². The zero-order chi connectivity index (χ0) is 21.0. The van der Waals surface area contributed by atoms with Gasteiger partial charge >= 0.3 is 0 Å². The lowest BCUT2D eigenvalue weighted by Crippen LogP contribution is -2.42. The van der Waals surface area contributed by atoms with Crippen molar-refractivity contribution < 1.29 is 17.9 Å². The quantitative estimate of drug-likeness (QED) is 0.778. The summed E-state index contributed by atoms with van der Waals surface area (Å²) < 4.78 is 32.6. The van der Waals surface area contributed by atoms with Crippen LogP contribution in [-0.2, 0) is 21.4 Å². The second kappa shape index (κ2) is 9.07. The maximum Gasteiger partial charge on any atom is 0.255 e. The van der Waals surface area contributed by atoms with Crippen molar-refractivity contribution in [3.63, 3.8) is 0 Å². The molecule has 0 bridgehead atoms. The van der Waals surface area contributed by atoms with Crippen molar-refractivity contribution in [2.45, 2.75) is 31.8 Å². The summed E-state index contributed by atoms with van der Waals surface area (Å²) in [6, 6.07) is 13.6. The van der Waals surface area contributed by atoms with Crippen molar-refractivity contribution in [2.24, 2.45) is 11.8 Å². The van der Waals surface area contributed by atoms with E-state index in [1.54, 1.807) is 53.9 Å². The van der Waals surface area contributed by atoms with E-state index in [2.05, 4.69) is 19.2 Å². The third-order valence-corrected chi connectivity index (χ3v) is 6.93. The van der Waals surface area contributed by atoms with E-state index in [9.17, 15) is 13.2 Å². The molecule has 7 heteroatoms. The molecule has 0 aromatic heterocycles. The van der Waals surface area contributed by atoms with Crippen LogP contribution in [0.25, 0.3) is 0 Å². The minimum absolute atomic E-state index is 0.249. The molecule has 0 unspecified atom stereocenters. The Morgan fingerprint density at radius 3 is 2.38 bits per heavy atom. The van der Waals surface area contributed by atoms with E-state index < -0.39 is 10.0 Å². The largest absolute Gasteiger partial charge is 0.380 e. The van der Waals surface area contributed by atoms with Crippen LogP contribution in [0.2, 0.25) is 0 Å². The lowest BCUT2D eigenvalue weighted by Gasteiger charge is -2.34. The van der Waals surface area contributed by atoms with Crippen molar-refractivity contribution in [1.82, 2.24) is 4.31 Å². The Balaban J connectivity index is 1.71. The predicted molar refractivity (Wildman–Crippen MR) is 113 cm³/mol. The number of carbonyl (C=O) groups is 1. The maximum absolute atomic E-state index is 13.0. The van der Waals surface area contributed by atoms with E-state index in [0.29, 0.717) is 42.8 Å². The molecular weight excluding hydrogens is 388 g/mol. The highest BCUT2D eigenvalue weighted by molar-refractivity contribution is 7.89.